The number of benzene rings is 1. The number of aromatic nitrogens is 4. The Labute approximate surface area is 182 Å². The number of H-pyrrole nitrogens is 1. The summed E-state index contributed by atoms with van der Waals surface area (Å²) >= 11 is 0. The molecule has 1 saturated heterocycles. The van der Waals surface area contributed by atoms with Crippen LogP contribution in [0.15, 0.2) is 39.9 Å². The predicted molar refractivity (Wildman–Crippen MR) is 120 cm³/mol. The van der Waals surface area contributed by atoms with E-state index < -0.39 is 5.69 Å². The molecule has 3 aromatic rings. The Morgan fingerprint density at radius 1 is 1.03 bits per heavy atom. The fraction of sp³-hybridized carbons (Fsp3) is 0.522. The summed E-state index contributed by atoms with van der Waals surface area (Å²) in [5.74, 6) is 1.43. The third-order valence-corrected chi connectivity index (χ3v) is 6.39. The first-order valence-electron chi connectivity index (χ1n) is 11.3. The van der Waals surface area contributed by atoms with Gasteiger partial charge in [-0.3, -0.25) is 14.3 Å². The topological polar surface area (TPSA) is 81.6 Å². The molecule has 0 atom stereocenters. The van der Waals surface area contributed by atoms with Crippen molar-refractivity contribution in [2.75, 3.05) is 26.2 Å². The van der Waals surface area contributed by atoms with Crippen molar-refractivity contribution in [3.05, 3.63) is 62.6 Å². The van der Waals surface area contributed by atoms with Gasteiger partial charge in [-0.1, -0.05) is 44.2 Å². The van der Waals surface area contributed by atoms with Gasteiger partial charge in [0.05, 0.1) is 0 Å². The van der Waals surface area contributed by atoms with Crippen LogP contribution in [-0.2, 0) is 26.7 Å². The molecular weight excluding hydrogens is 392 g/mol. The van der Waals surface area contributed by atoms with Crippen LogP contribution >= 0.6 is 0 Å². The van der Waals surface area contributed by atoms with E-state index in [-0.39, 0.29) is 5.56 Å². The van der Waals surface area contributed by atoms with Crippen molar-refractivity contribution < 1.29 is 9.80 Å². The van der Waals surface area contributed by atoms with Crippen molar-refractivity contribution in [2.45, 2.75) is 39.9 Å². The number of aromatic amines is 1. The molecule has 0 unspecified atom stereocenters. The molecule has 1 aliphatic rings. The molecule has 0 amide bonds. The third kappa shape index (κ3) is 4.80. The SMILES string of the molecule is CC(C)CCn1c(C[NH+]2CC[NH+](Cc3ccccc3)CC2)nc2c1c(=O)[nH]c(=O)n2C. The van der Waals surface area contributed by atoms with Gasteiger partial charge in [0.25, 0.3) is 5.56 Å². The van der Waals surface area contributed by atoms with Crippen LogP contribution in [0, 0.1) is 5.92 Å². The second-order valence-electron chi connectivity index (χ2n) is 9.19. The average molecular weight is 427 g/mol. The summed E-state index contributed by atoms with van der Waals surface area (Å²) in [6.45, 7) is 11.3. The number of rotatable bonds is 7. The zero-order chi connectivity index (χ0) is 22.0. The van der Waals surface area contributed by atoms with Gasteiger partial charge in [0.15, 0.2) is 17.0 Å². The van der Waals surface area contributed by atoms with Crippen molar-refractivity contribution in [3.8, 4) is 0 Å². The molecule has 3 N–H and O–H groups in total. The van der Waals surface area contributed by atoms with Gasteiger partial charge < -0.3 is 14.4 Å². The van der Waals surface area contributed by atoms with Crippen LogP contribution in [0.25, 0.3) is 11.2 Å². The van der Waals surface area contributed by atoms with Crippen LogP contribution in [0.2, 0.25) is 0 Å². The second-order valence-corrected chi connectivity index (χ2v) is 9.19. The molecule has 8 heteroatoms. The molecule has 166 valence electrons. The maximum absolute atomic E-state index is 12.6. The molecule has 2 aromatic heterocycles. The fourth-order valence-corrected chi connectivity index (χ4v) is 4.46. The van der Waals surface area contributed by atoms with Crippen molar-refractivity contribution in [1.29, 1.82) is 0 Å². The summed E-state index contributed by atoms with van der Waals surface area (Å²) in [6.07, 6.45) is 0.963. The minimum atomic E-state index is -0.414. The molecule has 4 rings (SSSR count). The first-order chi connectivity index (χ1) is 14.9. The van der Waals surface area contributed by atoms with E-state index in [9.17, 15) is 9.59 Å². The first-order valence-corrected chi connectivity index (χ1v) is 11.3. The van der Waals surface area contributed by atoms with Gasteiger partial charge in [-0.15, -0.1) is 0 Å². The second kappa shape index (κ2) is 9.20. The number of aryl methyl sites for hydroxylation is 2. The fourth-order valence-electron chi connectivity index (χ4n) is 4.46. The van der Waals surface area contributed by atoms with E-state index in [1.54, 1.807) is 11.9 Å². The highest BCUT2D eigenvalue weighted by atomic mass is 16.2. The predicted octanol–water partition coefficient (Wildman–Crippen LogP) is -1.05. The Balaban J connectivity index is 1.52. The highest BCUT2D eigenvalue weighted by molar-refractivity contribution is 5.70. The minimum absolute atomic E-state index is 0.340. The summed E-state index contributed by atoms with van der Waals surface area (Å²) in [4.78, 5) is 35.0. The monoisotopic (exact) mass is 426 g/mol. The van der Waals surface area contributed by atoms with E-state index in [0.717, 1.165) is 58.1 Å². The van der Waals surface area contributed by atoms with Crippen molar-refractivity contribution >= 4 is 11.2 Å². The van der Waals surface area contributed by atoms with Crippen LogP contribution in [0.5, 0.6) is 0 Å². The van der Waals surface area contributed by atoms with Crippen molar-refractivity contribution in [3.63, 3.8) is 0 Å². The van der Waals surface area contributed by atoms with Gasteiger partial charge in [0, 0.05) is 19.2 Å². The first kappa shape index (κ1) is 21.5. The Morgan fingerprint density at radius 2 is 1.68 bits per heavy atom. The Hall–Kier alpha value is -2.71. The van der Waals surface area contributed by atoms with E-state index in [1.165, 1.54) is 15.0 Å². The van der Waals surface area contributed by atoms with Gasteiger partial charge in [-0.2, -0.15) is 0 Å². The van der Waals surface area contributed by atoms with Crippen LogP contribution in [0.3, 0.4) is 0 Å². The Kier molecular flexibility index (Phi) is 6.38. The number of hydrogen-bond donors (Lipinski definition) is 3. The lowest BCUT2D eigenvalue weighted by Crippen LogP contribution is -3.27. The largest absolute Gasteiger partial charge is 0.329 e. The van der Waals surface area contributed by atoms with Crippen LogP contribution in [0.1, 0.15) is 31.7 Å². The zero-order valence-electron chi connectivity index (χ0n) is 18.8. The molecule has 1 fully saturated rings. The van der Waals surface area contributed by atoms with Gasteiger partial charge in [0.2, 0.25) is 0 Å². The molecule has 0 spiro atoms. The number of piperazine rings is 1. The Bertz CT molecular complexity index is 1140. The van der Waals surface area contributed by atoms with E-state index in [0.29, 0.717) is 17.1 Å². The summed E-state index contributed by atoms with van der Waals surface area (Å²) in [7, 11) is 1.67. The van der Waals surface area contributed by atoms with Crippen LogP contribution in [0.4, 0.5) is 0 Å². The zero-order valence-corrected chi connectivity index (χ0v) is 18.8. The highest BCUT2D eigenvalue weighted by Gasteiger charge is 2.26. The molecule has 0 aliphatic carbocycles. The normalized spacial score (nSPS) is 19.4. The van der Waals surface area contributed by atoms with Gasteiger partial charge in [0.1, 0.15) is 39.3 Å². The van der Waals surface area contributed by atoms with Gasteiger partial charge in [-0.05, 0) is 12.3 Å². The summed E-state index contributed by atoms with van der Waals surface area (Å²) in [5, 5.41) is 0. The molecule has 8 nitrogen and oxygen atoms in total. The molecular formula is C23H34N6O2+2. The number of quaternary nitrogens is 2. The van der Waals surface area contributed by atoms with E-state index in [4.69, 9.17) is 4.98 Å². The standard InChI is InChI=1S/C23H32N6O2/c1-17(2)9-10-29-19(24-21-20(29)22(30)25-23(31)26(21)3)16-28-13-11-27(12-14-28)15-18-7-5-4-6-8-18/h4-8,17H,9-16H2,1-3H3,(H,25,30,31)/p+2. The third-order valence-electron chi connectivity index (χ3n) is 6.39. The maximum atomic E-state index is 12.6. The van der Waals surface area contributed by atoms with Crippen LogP contribution < -0.4 is 21.0 Å². The van der Waals surface area contributed by atoms with E-state index in [2.05, 4.69) is 49.2 Å². The average Bonchev–Trinajstić information content (AvgIpc) is 3.11. The smallest absolute Gasteiger partial charge is 0.322 e. The lowest BCUT2D eigenvalue weighted by atomic mass is 10.1. The van der Waals surface area contributed by atoms with Crippen molar-refractivity contribution in [1.82, 2.24) is 19.1 Å². The van der Waals surface area contributed by atoms with E-state index >= 15 is 0 Å². The van der Waals surface area contributed by atoms with E-state index in [1.807, 2.05) is 4.57 Å². The summed E-state index contributed by atoms with van der Waals surface area (Å²) in [5.41, 5.74) is 1.64. The molecule has 0 radical (unpaired) electrons. The molecule has 0 saturated carbocycles. The quantitative estimate of drug-likeness (QED) is 0.451. The number of nitrogens with one attached hydrogen (secondary N) is 3. The summed E-state index contributed by atoms with van der Waals surface area (Å²) < 4.78 is 3.49. The number of fused-ring (bicyclic) bond motifs is 1. The van der Waals surface area contributed by atoms with Crippen LogP contribution in [-0.4, -0.2) is 45.3 Å². The maximum Gasteiger partial charge on any atom is 0.329 e. The summed E-state index contributed by atoms with van der Waals surface area (Å²) in [6, 6.07) is 10.7. The molecule has 1 aromatic carbocycles. The Morgan fingerprint density at radius 3 is 2.32 bits per heavy atom. The molecule has 0 bridgehead atoms. The van der Waals surface area contributed by atoms with Gasteiger partial charge in [-0.25, -0.2) is 9.78 Å². The highest BCUT2D eigenvalue weighted by Crippen LogP contribution is 2.13. The lowest BCUT2D eigenvalue weighted by Gasteiger charge is -2.29. The minimum Gasteiger partial charge on any atom is -0.322 e. The number of nitrogens with zero attached hydrogens (tertiary/aromatic N) is 3. The molecule has 1 aliphatic heterocycles. The van der Waals surface area contributed by atoms with Crippen molar-refractivity contribution in [2.24, 2.45) is 13.0 Å². The number of hydrogen-bond acceptors (Lipinski definition) is 3. The lowest BCUT2D eigenvalue weighted by molar-refractivity contribution is -1.02. The van der Waals surface area contributed by atoms with Gasteiger partial charge >= 0.3 is 5.69 Å². The molecule has 3 heterocycles. The molecule has 31 heavy (non-hydrogen) atoms. The number of imidazole rings is 1.